The smallest absolute Gasteiger partial charge is 0.228 e. The average Bonchev–Trinajstić information content (AvgIpc) is 3.28. The van der Waals surface area contributed by atoms with Crippen LogP contribution in [-0.4, -0.2) is 24.2 Å². The maximum Gasteiger partial charge on any atom is 0.228 e. The van der Waals surface area contributed by atoms with E-state index in [1.54, 1.807) is 31.0 Å². The number of phenolic OH excluding ortho intramolecular Hbond substituents is 1. The van der Waals surface area contributed by atoms with Gasteiger partial charge in [0.1, 0.15) is 23.3 Å². The van der Waals surface area contributed by atoms with Crippen LogP contribution in [0.1, 0.15) is 34.6 Å². The summed E-state index contributed by atoms with van der Waals surface area (Å²) in [6, 6.07) is 13.5. The second kappa shape index (κ2) is 7.75. The van der Waals surface area contributed by atoms with Gasteiger partial charge in [-0.3, -0.25) is 5.41 Å². The highest BCUT2D eigenvalue weighted by Crippen LogP contribution is 2.45. The summed E-state index contributed by atoms with van der Waals surface area (Å²) < 4.78 is 9.91. The highest BCUT2D eigenvalue weighted by atomic mass is 16.5. The first-order valence-corrected chi connectivity index (χ1v) is 10.3. The number of nitrogens with zero attached hydrogens (tertiary/aromatic N) is 4. The van der Waals surface area contributed by atoms with Gasteiger partial charge in [-0.2, -0.15) is 0 Å². The Hall–Kier alpha value is -3.87. The molecule has 0 aliphatic carbocycles. The second-order valence-corrected chi connectivity index (χ2v) is 7.83. The summed E-state index contributed by atoms with van der Waals surface area (Å²) in [5, 5.41) is 18.9. The molecule has 31 heavy (non-hydrogen) atoms. The zero-order valence-corrected chi connectivity index (χ0v) is 17.2. The number of imidazole rings is 1. The standard InChI is InChI=1S/C24H23N5O2/c1-16-3-5-17(6-4-16)21-19-8-7-18(30)13-20(19)31-24-22(21)23(25)29(15-27-24)11-2-10-28-12-9-26-14-28/h3-9,12-15,21,25,30H,2,10-11H2,1H3/t21-/m1/s1. The van der Waals surface area contributed by atoms with Gasteiger partial charge in [-0.05, 0) is 25.0 Å². The largest absolute Gasteiger partial charge is 0.508 e. The summed E-state index contributed by atoms with van der Waals surface area (Å²) in [4.78, 5) is 8.61. The predicted octanol–water partition coefficient (Wildman–Crippen LogP) is 3.95. The van der Waals surface area contributed by atoms with E-state index in [4.69, 9.17) is 10.1 Å². The van der Waals surface area contributed by atoms with E-state index in [1.165, 1.54) is 5.56 Å². The molecule has 0 radical (unpaired) electrons. The first kappa shape index (κ1) is 19.1. The molecule has 0 saturated carbocycles. The van der Waals surface area contributed by atoms with Crippen LogP contribution in [0, 0.1) is 12.3 Å². The minimum absolute atomic E-state index is 0.140. The van der Waals surface area contributed by atoms with E-state index < -0.39 is 0 Å². The molecule has 1 aliphatic heterocycles. The normalized spacial score (nSPS) is 14.5. The minimum atomic E-state index is -0.193. The van der Waals surface area contributed by atoms with Gasteiger partial charge in [-0.25, -0.2) is 9.97 Å². The number of hydrogen-bond acceptors (Lipinski definition) is 5. The number of nitrogens with one attached hydrogen (secondary N) is 1. The lowest BCUT2D eigenvalue weighted by Crippen LogP contribution is -2.30. The number of ether oxygens (including phenoxy) is 1. The molecule has 2 N–H and O–H groups in total. The van der Waals surface area contributed by atoms with Gasteiger partial charge in [-0.1, -0.05) is 35.9 Å². The van der Waals surface area contributed by atoms with Crippen LogP contribution in [0.2, 0.25) is 0 Å². The van der Waals surface area contributed by atoms with Gasteiger partial charge in [0, 0.05) is 43.0 Å². The lowest BCUT2D eigenvalue weighted by Gasteiger charge is -2.28. The van der Waals surface area contributed by atoms with E-state index in [1.807, 2.05) is 21.4 Å². The van der Waals surface area contributed by atoms with E-state index >= 15 is 0 Å². The molecular formula is C24H23N5O2. The molecule has 0 unspecified atom stereocenters. The van der Waals surface area contributed by atoms with Gasteiger partial charge in [0.15, 0.2) is 0 Å². The molecule has 156 valence electrons. The van der Waals surface area contributed by atoms with Crippen molar-refractivity contribution in [1.29, 1.82) is 5.41 Å². The first-order valence-electron chi connectivity index (χ1n) is 10.3. The van der Waals surface area contributed by atoms with E-state index in [0.717, 1.165) is 29.7 Å². The molecule has 5 rings (SSSR count). The first-order chi connectivity index (χ1) is 15.1. The third-order valence-corrected chi connectivity index (χ3v) is 5.68. The van der Waals surface area contributed by atoms with E-state index in [9.17, 15) is 5.11 Å². The molecule has 7 nitrogen and oxygen atoms in total. The van der Waals surface area contributed by atoms with Crippen LogP contribution in [0.25, 0.3) is 0 Å². The molecule has 0 fully saturated rings. The fourth-order valence-electron chi connectivity index (χ4n) is 4.07. The van der Waals surface area contributed by atoms with Gasteiger partial charge >= 0.3 is 0 Å². The number of fused-ring (bicyclic) bond motifs is 2. The van der Waals surface area contributed by atoms with Crippen molar-refractivity contribution in [2.75, 3.05) is 0 Å². The molecule has 0 saturated heterocycles. The van der Waals surface area contributed by atoms with Crippen molar-refractivity contribution in [2.45, 2.75) is 32.4 Å². The Morgan fingerprint density at radius 2 is 1.94 bits per heavy atom. The molecule has 0 amide bonds. The average molecular weight is 413 g/mol. The number of rotatable bonds is 5. The van der Waals surface area contributed by atoms with Gasteiger partial charge in [0.25, 0.3) is 0 Å². The Labute approximate surface area is 179 Å². The Morgan fingerprint density at radius 1 is 1.10 bits per heavy atom. The Bertz CT molecular complexity index is 1280. The van der Waals surface area contributed by atoms with Crippen molar-refractivity contribution in [3.8, 4) is 17.4 Å². The quantitative estimate of drug-likeness (QED) is 0.457. The maximum atomic E-state index is 9.96. The number of phenols is 1. The third-order valence-electron chi connectivity index (χ3n) is 5.68. The van der Waals surface area contributed by atoms with Crippen molar-refractivity contribution in [1.82, 2.24) is 19.1 Å². The second-order valence-electron chi connectivity index (χ2n) is 7.83. The summed E-state index contributed by atoms with van der Waals surface area (Å²) in [5.41, 5.74) is 4.29. The number of hydrogen-bond donors (Lipinski definition) is 2. The monoisotopic (exact) mass is 413 g/mol. The van der Waals surface area contributed by atoms with Crippen LogP contribution in [-0.2, 0) is 13.1 Å². The summed E-state index contributed by atoms with van der Waals surface area (Å²) in [6.07, 6.45) is 8.02. The zero-order valence-electron chi connectivity index (χ0n) is 17.2. The summed E-state index contributed by atoms with van der Waals surface area (Å²) in [6.45, 7) is 3.54. The lowest BCUT2D eigenvalue weighted by atomic mass is 9.83. The number of aromatic hydroxyl groups is 1. The topological polar surface area (TPSA) is 88.9 Å². The summed E-state index contributed by atoms with van der Waals surface area (Å²) in [5.74, 6) is 0.935. The molecule has 3 heterocycles. The molecule has 2 aromatic carbocycles. The Kier molecular flexibility index (Phi) is 4.78. The molecule has 1 aliphatic rings. The van der Waals surface area contributed by atoms with Crippen LogP contribution < -0.4 is 10.2 Å². The van der Waals surface area contributed by atoms with Gasteiger partial charge < -0.3 is 19.0 Å². The molecule has 0 spiro atoms. The van der Waals surface area contributed by atoms with E-state index in [0.29, 0.717) is 23.7 Å². The highest BCUT2D eigenvalue weighted by Gasteiger charge is 2.32. The van der Waals surface area contributed by atoms with E-state index in [2.05, 4.69) is 41.2 Å². The van der Waals surface area contributed by atoms with Crippen LogP contribution >= 0.6 is 0 Å². The lowest BCUT2D eigenvalue weighted by molar-refractivity contribution is 0.411. The highest BCUT2D eigenvalue weighted by molar-refractivity contribution is 5.57. The molecule has 2 aromatic heterocycles. The van der Waals surface area contributed by atoms with Gasteiger partial charge in [-0.15, -0.1) is 0 Å². The molecule has 0 bridgehead atoms. The molecule has 1 atom stereocenters. The predicted molar refractivity (Wildman–Crippen MR) is 115 cm³/mol. The molecule has 4 aromatic rings. The van der Waals surface area contributed by atoms with Crippen molar-refractivity contribution in [2.24, 2.45) is 0 Å². The number of aryl methyl sites for hydroxylation is 3. The van der Waals surface area contributed by atoms with Crippen LogP contribution in [0.5, 0.6) is 17.4 Å². The van der Waals surface area contributed by atoms with Crippen molar-refractivity contribution < 1.29 is 9.84 Å². The Morgan fingerprint density at radius 3 is 2.71 bits per heavy atom. The SMILES string of the molecule is Cc1ccc([C@@H]2c3ccc(O)cc3Oc3ncn(CCCn4ccnc4)c(=N)c32)cc1. The van der Waals surface area contributed by atoms with Crippen molar-refractivity contribution in [3.63, 3.8) is 0 Å². The summed E-state index contributed by atoms with van der Waals surface area (Å²) in [7, 11) is 0. The summed E-state index contributed by atoms with van der Waals surface area (Å²) >= 11 is 0. The minimum Gasteiger partial charge on any atom is -0.508 e. The number of aromatic nitrogens is 4. The maximum absolute atomic E-state index is 9.96. The van der Waals surface area contributed by atoms with Crippen LogP contribution in [0.3, 0.4) is 0 Å². The Balaban J connectivity index is 1.56. The van der Waals surface area contributed by atoms with Gasteiger partial charge in [0.2, 0.25) is 5.88 Å². The zero-order chi connectivity index (χ0) is 21.4. The van der Waals surface area contributed by atoms with Crippen LogP contribution in [0.15, 0.2) is 67.5 Å². The fraction of sp³-hybridized carbons (Fsp3) is 0.208. The van der Waals surface area contributed by atoms with Crippen molar-refractivity contribution in [3.05, 3.63) is 95.3 Å². The fourth-order valence-corrected chi connectivity index (χ4v) is 4.07. The van der Waals surface area contributed by atoms with E-state index in [-0.39, 0.29) is 11.7 Å². The van der Waals surface area contributed by atoms with Crippen LogP contribution in [0.4, 0.5) is 0 Å². The molecule has 7 heteroatoms. The van der Waals surface area contributed by atoms with Crippen molar-refractivity contribution >= 4 is 0 Å². The third kappa shape index (κ3) is 3.59. The van der Waals surface area contributed by atoms with Gasteiger partial charge in [0.05, 0.1) is 11.9 Å². The molecular weight excluding hydrogens is 390 g/mol. The number of benzene rings is 2.